The van der Waals surface area contributed by atoms with Crippen LogP contribution in [0.1, 0.15) is 0 Å². The van der Waals surface area contributed by atoms with Crippen molar-refractivity contribution in [2.75, 3.05) is 0 Å². The molecular formula is C6H4F2N4O. The summed E-state index contributed by atoms with van der Waals surface area (Å²) in [5.41, 5.74) is 0. The molecule has 0 saturated heterocycles. The molecule has 0 amide bonds. The molecule has 2 N–H and O–H groups in total. The van der Waals surface area contributed by atoms with Gasteiger partial charge in [-0.25, -0.2) is 10.2 Å². The number of rotatable bonds is 2. The standard InChI is InChI=1S/C6H4F2N4O/c7-3-1-9-11-5(3)13-6-4(8)2-10-12-6/h1-2H,(H,9,11)(H,10,12). The minimum Gasteiger partial charge on any atom is -0.415 e. The molecule has 0 bridgehead atoms. The van der Waals surface area contributed by atoms with Gasteiger partial charge in [0.25, 0.3) is 11.8 Å². The Morgan fingerprint density at radius 2 is 1.46 bits per heavy atom. The zero-order chi connectivity index (χ0) is 9.26. The summed E-state index contributed by atoms with van der Waals surface area (Å²) in [7, 11) is 0. The van der Waals surface area contributed by atoms with E-state index in [0.29, 0.717) is 0 Å². The van der Waals surface area contributed by atoms with E-state index in [-0.39, 0.29) is 11.8 Å². The van der Waals surface area contributed by atoms with Gasteiger partial charge in [-0.2, -0.15) is 19.0 Å². The fourth-order valence-electron chi connectivity index (χ4n) is 0.764. The first-order valence-corrected chi connectivity index (χ1v) is 3.33. The van der Waals surface area contributed by atoms with Gasteiger partial charge in [-0.3, -0.25) is 0 Å². The lowest BCUT2D eigenvalue weighted by Crippen LogP contribution is -1.89. The Morgan fingerprint density at radius 1 is 1.00 bits per heavy atom. The number of H-pyrrole nitrogens is 2. The lowest BCUT2D eigenvalue weighted by molar-refractivity contribution is 0.390. The molecule has 0 spiro atoms. The summed E-state index contributed by atoms with van der Waals surface area (Å²) in [4.78, 5) is 0. The van der Waals surface area contributed by atoms with Crippen molar-refractivity contribution in [1.29, 1.82) is 0 Å². The van der Waals surface area contributed by atoms with Gasteiger partial charge >= 0.3 is 0 Å². The summed E-state index contributed by atoms with van der Waals surface area (Å²) < 4.78 is 30.1. The maximum atomic E-state index is 12.7. The number of hydrogen-bond acceptors (Lipinski definition) is 3. The van der Waals surface area contributed by atoms with E-state index in [1.165, 1.54) is 0 Å². The maximum absolute atomic E-state index is 12.7. The number of aromatic amines is 2. The van der Waals surface area contributed by atoms with Crippen LogP contribution in [0.2, 0.25) is 0 Å². The van der Waals surface area contributed by atoms with Crippen LogP contribution in [0.25, 0.3) is 0 Å². The Bertz CT molecular complexity index is 372. The van der Waals surface area contributed by atoms with Crippen molar-refractivity contribution in [3.8, 4) is 11.8 Å². The Kier molecular flexibility index (Phi) is 1.69. The van der Waals surface area contributed by atoms with E-state index in [9.17, 15) is 8.78 Å². The molecule has 0 fully saturated rings. The van der Waals surface area contributed by atoms with E-state index in [2.05, 4.69) is 20.4 Å². The van der Waals surface area contributed by atoms with Crippen molar-refractivity contribution in [3.63, 3.8) is 0 Å². The average molecular weight is 186 g/mol. The molecule has 7 heteroatoms. The molecule has 0 aliphatic carbocycles. The third-order valence-corrected chi connectivity index (χ3v) is 1.33. The highest BCUT2D eigenvalue weighted by Gasteiger charge is 2.11. The first-order valence-electron chi connectivity index (χ1n) is 3.33. The minimum absolute atomic E-state index is 0.261. The number of aromatic nitrogens is 4. The lowest BCUT2D eigenvalue weighted by Gasteiger charge is -1.97. The van der Waals surface area contributed by atoms with E-state index >= 15 is 0 Å². The molecule has 2 aromatic rings. The first-order chi connectivity index (χ1) is 6.27. The van der Waals surface area contributed by atoms with Crippen molar-refractivity contribution in [2.24, 2.45) is 0 Å². The van der Waals surface area contributed by atoms with Crippen LogP contribution in [0.5, 0.6) is 11.8 Å². The average Bonchev–Trinajstić information content (AvgIpc) is 2.65. The summed E-state index contributed by atoms with van der Waals surface area (Å²) >= 11 is 0. The SMILES string of the molecule is Fc1cn[nH]c1Oc1[nH]ncc1F. The number of ether oxygens (including phenoxy) is 1. The van der Waals surface area contributed by atoms with Crippen molar-refractivity contribution in [1.82, 2.24) is 20.4 Å². The maximum Gasteiger partial charge on any atom is 0.253 e. The normalized spacial score (nSPS) is 10.3. The van der Waals surface area contributed by atoms with Crippen molar-refractivity contribution < 1.29 is 13.5 Å². The number of hydrogen-bond donors (Lipinski definition) is 2. The predicted molar refractivity (Wildman–Crippen MR) is 37.2 cm³/mol. The van der Waals surface area contributed by atoms with Crippen LogP contribution >= 0.6 is 0 Å². The molecular weight excluding hydrogens is 182 g/mol. The molecule has 0 atom stereocenters. The monoisotopic (exact) mass is 186 g/mol. The first kappa shape index (κ1) is 7.71. The van der Waals surface area contributed by atoms with Gasteiger partial charge in [-0.15, -0.1) is 0 Å². The van der Waals surface area contributed by atoms with Crippen LogP contribution in [-0.4, -0.2) is 20.4 Å². The van der Waals surface area contributed by atoms with Crippen LogP contribution in [0.15, 0.2) is 12.4 Å². The second-order valence-electron chi connectivity index (χ2n) is 2.20. The highest BCUT2D eigenvalue weighted by molar-refractivity contribution is 5.18. The van der Waals surface area contributed by atoms with Gasteiger partial charge in [0, 0.05) is 0 Å². The molecule has 2 aromatic heterocycles. The summed E-state index contributed by atoms with van der Waals surface area (Å²) in [5, 5.41) is 11.1. The molecule has 13 heavy (non-hydrogen) atoms. The van der Waals surface area contributed by atoms with Crippen LogP contribution in [0, 0.1) is 11.6 Å². The number of nitrogens with one attached hydrogen (secondary N) is 2. The van der Waals surface area contributed by atoms with Gasteiger partial charge in [0.05, 0.1) is 12.4 Å². The van der Waals surface area contributed by atoms with Gasteiger partial charge < -0.3 is 4.74 Å². The number of halogens is 2. The summed E-state index contributed by atoms with van der Waals surface area (Å²) in [6, 6.07) is 0. The van der Waals surface area contributed by atoms with Crippen LogP contribution in [0.3, 0.4) is 0 Å². The largest absolute Gasteiger partial charge is 0.415 e. The summed E-state index contributed by atoms with van der Waals surface area (Å²) in [5.74, 6) is -1.92. The van der Waals surface area contributed by atoms with E-state index in [0.717, 1.165) is 12.4 Å². The van der Waals surface area contributed by atoms with Crippen molar-refractivity contribution >= 4 is 0 Å². The topological polar surface area (TPSA) is 66.6 Å². The summed E-state index contributed by atoms with van der Waals surface area (Å²) in [6.07, 6.45) is 1.84. The molecule has 2 rings (SSSR count). The molecule has 2 heterocycles. The highest BCUT2D eigenvalue weighted by Crippen LogP contribution is 2.21. The Hall–Kier alpha value is -1.92. The molecule has 0 radical (unpaired) electrons. The minimum atomic E-state index is -0.700. The van der Waals surface area contributed by atoms with E-state index in [1.54, 1.807) is 0 Å². The fourth-order valence-corrected chi connectivity index (χ4v) is 0.764. The van der Waals surface area contributed by atoms with Gasteiger partial charge in [0.15, 0.2) is 0 Å². The van der Waals surface area contributed by atoms with Gasteiger partial charge in [-0.1, -0.05) is 0 Å². The Morgan fingerprint density at radius 3 is 1.77 bits per heavy atom. The van der Waals surface area contributed by atoms with E-state index < -0.39 is 11.6 Å². The predicted octanol–water partition coefficient (Wildman–Crippen LogP) is 1.20. The molecule has 0 saturated carbocycles. The lowest BCUT2D eigenvalue weighted by atomic mass is 10.6. The van der Waals surface area contributed by atoms with Crippen LogP contribution < -0.4 is 4.74 Å². The zero-order valence-corrected chi connectivity index (χ0v) is 6.21. The molecule has 68 valence electrons. The molecule has 0 unspecified atom stereocenters. The van der Waals surface area contributed by atoms with Crippen LogP contribution in [-0.2, 0) is 0 Å². The Labute approximate surface area is 70.7 Å². The molecule has 5 nitrogen and oxygen atoms in total. The van der Waals surface area contributed by atoms with Gasteiger partial charge in [-0.05, 0) is 0 Å². The zero-order valence-electron chi connectivity index (χ0n) is 6.21. The van der Waals surface area contributed by atoms with Crippen LogP contribution in [0.4, 0.5) is 8.78 Å². The second kappa shape index (κ2) is 2.85. The quantitative estimate of drug-likeness (QED) is 0.740. The second-order valence-corrected chi connectivity index (χ2v) is 2.20. The summed E-state index contributed by atoms with van der Waals surface area (Å²) in [6.45, 7) is 0. The highest BCUT2D eigenvalue weighted by atomic mass is 19.1. The Balaban J connectivity index is 2.24. The van der Waals surface area contributed by atoms with E-state index in [4.69, 9.17) is 4.74 Å². The van der Waals surface area contributed by atoms with Gasteiger partial charge in [0.1, 0.15) is 0 Å². The van der Waals surface area contributed by atoms with Gasteiger partial charge in [0.2, 0.25) is 11.6 Å². The third-order valence-electron chi connectivity index (χ3n) is 1.33. The molecule has 0 aliphatic heterocycles. The van der Waals surface area contributed by atoms with Crippen molar-refractivity contribution in [2.45, 2.75) is 0 Å². The molecule has 0 aromatic carbocycles. The van der Waals surface area contributed by atoms with E-state index in [1.807, 2.05) is 0 Å². The smallest absolute Gasteiger partial charge is 0.253 e. The fraction of sp³-hybridized carbons (Fsp3) is 0. The third kappa shape index (κ3) is 1.35. The molecule has 0 aliphatic rings. The number of nitrogens with zero attached hydrogens (tertiary/aromatic N) is 2. The van der Waals surface area contributed by atoms with Crippen molar-refractivity contribution in [3.05, 3.63) is 24.0 Å².